The Morgan fingerprint density at radius 2 is 2.06 bits per heavy atom. The Balaban J connectivity index is 2.66. The van der Waals surface area contributed by atoms with E-state index in [-0.39, 0.29) is 5.52 Å². The van der Waals surface area contributed by atoms with E-state index in [2.05, 4.69) is 0 Å². The molecule has 0 fully saturated rings. The third-order valence-electron chi connectivity index (χ3n) is 2.97. The molecule has 0 spiro atoms. The summed E-state index contributed by atoms with van der Waals surface area (Å²) in [6, 6.07) is 4.10. The molecule has 0 aliphatic rings. The molecule has 90 valence electrons. The number of aromatic nitrogens is 1. The number of hydrogen-bond acceptors (Lipinski definition) is 3. The topological polar surface area (TPSA) is 54.7 Å². The first-order valence-electron chi connectivity index (χ1n) is 5.10. The van der Waals surface area contributed by atoms with Crippen LogP contribution in [0, 0.1) is 23.0 Å². The van der Waals surface area contributed by atoms with Crippen LogP contribution in [0.25, 0.3) is 21.1 Å². The fourth-order valence-corrected chi connectivity index (χ4v) is 3.31. The van der Waals surface area contributed by atoms with Crippen LogP contribution in [0.3, 0.4) is 0 Å². The van der Waals surface area contributed by atoms with Crippen LogP contribution in [0.1, 0.15) is 5.56 Å². The quantitative estimate of drug-likeness (QED) is 0.677. The molecule has 3 rings (SSSR count). The summed E-state index contributed by atoms with van der Waals surface area (Å²) in [6.45, 7) is 0. The number of benzene rings is 1. The fraction of sp³-hybridized carbons (Fsp3) is 0.0833. The van der Waals surface area contributed by atoms with E-state index in [9.17, 15) is 8.78 Å². The normalized spacial score (nSPS) is 11.2. The first-order chi connectivity index (χ1) is 8.54. The van der Waals surface area contributed by atoms with Crippen molar-refractivity contribution in [3.05, 3.63) is 29.3 Å². The lowest BCUT2D eigenvalue weighted by Gasteiger charge is -2.00. The zero-order chi connectivity index (χ0) is 13.0. The molecule has 3 nitrogen and oxygen atoms in total. The van der Waals surface area contributed by atoms with Gasteiger partial charge in [0, 0.05) is 18.5 Å². The van der Waals surface area contributed by atoms with Gasteiger partial charge in [-0.05, 0) is 6.07 Å². The summed E-state index contributed by atoms with van der Waals surface area (Å²) < 4.78 is 29.3. The van der Waals surface area contributed by atoms with Gasteiger partial charge < -0.3 is 10.3 Å². The Kier molecular flexibility index (Phi) is 2.10. The van der Waals surface area contributed by atoms with Crippen molar-refractivity contribution in [2.75, 3.05) is 5.73 Å². The molecular formula is C12H7F2N3S. The molecule has 0 atom stereocenters. The van der Waals surface area contributed by atoms with Gasteiger partial charge in [-0.3, -0.25) is 0 Å². The summed E-state index contributed by atoms with van der Waals surface area (Å²) in [5.41, 5.74) is 6.89. The Hall–Kier alpha value is -2.13. The molecule has 0 saturated carbocycles. The summed E-state index contributed by atoms with van der Waals surface area (Å²) in [4.78, 5) is 0. The molecule has 2 aromatic heterocycles. The van der Waals surface area contributed by atoms with Crippen LogP contribution < -0.4 is 5.73 Å². The minimum absolute atomic E-state index is 0.286. The standard InChI is InChI=1S/C12H7F2N3S/c1-17-9-6(2-5(13)3-8(9)14)11-10(17)7(4-15)12(16)18-11/h2-3H,16H2,1H3. The van der Waals surface area contributed by atoms with Gasteiger partial charge in [-0.1, -0.05) is 0 Å². The monoisotopic (exact) mass is 263 g/mol. The maximum Gasteiger partial charge on any atom is 0.150 e. The number of fused-ring (bicyclic) bond motifs is 3. The molecule has 0 unspecified atom stereocenters. The lowest BCUT2D eigenvalue weighted by molar-refractivity contribution is 0.589. The summed E-state index contributed by atoms with van der Waals surface area (Å²) >= 11 is 1.17. The third kappa shape index (κ3) is 1.19. The van der Waals surface area contributed by atoms with Gasteiger partial charge in [-0.25, -0.2) is 8.78 Å². The molecule has 2 N–H and O–H groups in total. The van der Waals surface area contributed by atoms with Crippen LogP contribution in [0.15, 0.2) is 12.1 Å². The van der Waals surface area contributed by atoms with Crippen LogP contribution in [-0.4, -0.2) is 4.57 Å². The minimum atomic E-state index is -0.641. The van der Waals surface area contributed by atoms with Crippen molar-refractivity contribution < 1.29 is 8.78 Å². The largest absolute Gasteiger partial charge is 0.389 e. The molecule has 2 heterocycles. The number of anilines is 1. The molecule has 0 radical (unpaired) electrons. The number of aryl methyl sites for hydroxylation is 1. The minimum Gasteiger partial charge on any atom is -0.389 e. The third-order valence-corrected chi connectivity index (χ3v) is 4.01. The molecule has 0 saturated heterocycles. The molecular weight excluding hydrogens is 256 g/mol. The van der Waals surface area contributed by atoms with E-state index < -0.39 is 11.6 Å². The first kappa shape index (κ1) is 11.0. The highest BCUT2D eigenvalue weighted by Crippen LogP contribution is 2.40. The number of halogens is 2. The van der Waals surface area contributed by atoms with Gasteiger partial charge in [0.2, 0.25) is 0 Å². The van der Waals surface area contributed by atoms with Crippen molar-refractivity contribution in [1.29, 1.82) is 5.26 Å². The van der Waals surface area contributed by atoms with Crippen LogP contribution in [-0.2, 0) is 7.05 Å². The molecule has 6 heteroatoms. The number of nitrogens with zero attached hydrogens (tertiary/aromatic N) is 2. The van der Waals surface area contributed by atoms with Crippen molar-refractivity contribution in [1.82, 2.24) is 4.57 Å². The number of thiophene rings is 1. The van der Waals surface area contributed by atoms with Crippen molar-refractivity contribution in [3.8, 4) is 6.07 Å². The number of nitrogens with two attached hydrogens (primary N) is 1. The zero-order valence-electron chi connectivity index (χ0n) is 9.29. The second-order valence-corrected chi connectivity index (χ2v) is 5.03. The Labute approximate surface area is 105 Å². The second kappa shape index (κ2) is 3.43. The highest BCUT2D eigenvalue weighted by molar-refractivity contribution is 7.24. The highest BCUT2D eigenvalue weighted by atomic mass is 32.1. The number of hydrogen-bond donors (Lipinski definition) is 1. The molecule has 3 aromatic rings. The van der Waals surface area contributed by atoms with Gasteiger partial charge in [0.25, 0.3) is 0 Å². The van der Waals surface area contributed by atoms with Gasteiger partial charge in [-0.15, -0.1) is 11.3 Å². The predicted molar refractivity (Wildman–Crippen MR) is 67.3 cm³/mol. The van der Waals surface area contributed by atoms with E-state index in [1.807, 2.05) is 6.07 Å². The maximum absolute atomic E-state index is 13.8. The average Bonchev–Trinajstić information content (AvgIpc) is 2.75. The van der Waals surface area contributed by atoms with Crippen molar-refractivity contribution >= 4 is 37.5 Å². The number of nitrogen functional groups attached to an aromatic ring is 1. The van der Waals surface area contributed by atoms with Crippen molar-refractivity contribution in [2.45, 2.75) is 0 Å². The predicted octanol–water partition coefficient (Wildman–Crippen LogP) is 3.13. The van der Waals surface area contributed by atoms with E-state index in [1.165, 1.54) is 17.4 Å². The SMILES string of the molecule is Cn1c2c(F)cc(F)cc2c2sc(N)c(C#N)c21. The van der Waals surface area contributed by atoms with E-state index in [0.29, 0.717) is 26.2 Å². The molecule has 1 aromatic carbocycles. The molecule has 0 bridgehead atoms. The summed E-state index contributed by atoms with van der Waals surface area (Å²) in [6.07, 6.45) is 0. The van der Waals surface area contributed by atoms with Crippen LogP contribution in [0.5, 0.6) is 0 Å². The second-order valence-electron chi connectivity index (χ2n) is 3.97. The van der Waals surface area contributed by atoms with E-state index in [0.717, 1.165) is 6.07 Å². The Morgan fingerprint density at radius 3 is 2.72 bits per heavy atom. The lowest BCUT2D eigenvalue weighted by Crippen LogP contribution is -1.93. The summed E-state index contributed by atoms with van der Waals surface area (Å²) in [7, 11) is 1.64. The van der Waals surface area contributed by atoms with Gasteiger partial charge in [0.1, 0.15) is 28.3 Å². The smallest absolute Gasteiger partial charge is 0.150 e. The maximum atomic E-state index is 13.8. The van der Waals surface area contributed by atoms with Gasteiger partial charge in [0.15, 0.2) is 0 Å². The Morgan fingerprint density at radius 1 is 1.33 bits per heavy atom. The van der Waals surface area contributed by atoms with E-state index in [1.54, 1.807) is 11.6 Å². The molecule has 18 heavy (non-hydrogen) atoms. The fourth-order valence-electron chi connectivity index (χ4n) is 2.24. The van der Waals surface area contributed by atoms with Crippen LogP contribution in [0.4, 0.5) is 13.8 Å². The zero-order valence-corrected chi connectivity index (χ0v) is 10.1. The van der Waals surface area contributed by atoms with Crippen LogP contribution in [0.2, 0.25) is 0 Å². The molecule has 0 amide bonds. The highest BCUT2D eigenvalue weighted by Gasteiger charge is 2.20. The van der Waals surface area contributed by atoms with Crippen molar-refractivity contribution in [3.63, 3.8) is 0 Å². The first-order valence-corrected chi connectivity index (χ1v) is 5.91. The summed E-state index contributed by atoms with van der Waals surface area (Å²) in [5.74, 6) is -1.28. The number of nitriles is 1. The molecule has 0 aliphatic heterocycles. The molecule has 0 aliphatic carbocycles. The van der Waals surface area contributed by atoms with Crippen LogP contribution >= 0.6 is 11.3 Å². The van der Waals surface area contributed by atoms with Gasteiger partial charge in [-0.2, -0.15) is 5.26 Å². The van der Waals surface area contributed by atoms with Crippen molar-refractivity contribution in [2.24, 2.45) is 7.05 Å². The lowest BCUT2D eigenvalue weighted by atomic mass is 10.2. The number of rotatable bonds is 0. The van der Waals surface area contributed by atoms with Gasteiger partial charge in [0.05, 0.1) is 15.7 Å². The van der Waals surface area contributed by atoms with Gasteiger partial charge >= 0.3 is 0 Å². The average molecular weight is 263 g/mol. The van der Waals surface area contributed by atoms with E-state index in [4.69, 9.17) is 11.0 Å². The Bertz CT molecular complexity index is 839. The van der Waals surface area contributed by atoms with E-state index >= 15 is 0 Å². The summed E-state index contributed by atoms with van der Waals surface area (Å²) in [5, 5.41) is 9.89.